The molecule has 2 fully saturated rings. The zero-order chi connectivity index (χ0) is 22.7. The zero-order valence-corrected chi connectivity index (χ0v) is 18.5. The highest BCUT2D eigenvalue weighted by Gasteiger charge is 2.76. The molecule has 1 aromatic carbocycles. The van der Waals surface area contributed by atoms with Gasteiger partial charge in [0.25, 0.3) is 5.69 Å². The van der Waals surface area contributed by atoms with Gasteiger partial charge in [-0.1, -0.05) is 34.6 Å². The van der Waals surface area contributed by atoms with Crippen molar-refractivity contribution in [1.29, 1.82) is 0 Å². The Bertz CT molecular complexity index is 917. The summed E-state index contributed by atoms with van der Waals surface area (Å²) < 4.78 is 16.8. The number of fused-ring (bicyclic) bond motifs is 2. The zero-order valence-electron chi connectivity index (χ0n) is 18.5. The lowest BCUT2D eigenvalue weighted by Gasteiger charge is -2.38. The Hall–Kier alpha value is -2.64. The van der Waals surface area contributed by atoms with Crippen LogP contribution in [-0.2, 0) is 19.1 Å². The molecule has 0 aromatic heterocycles. The fourth-order valence-electron chi connectivity index (χ4n) is 4.65. The van der Waals surface area contributed by atoms with E-state index < -0.39 is 44.8 Å². The van der Waals surface area contributed by atoms with E-state index in [1.165, 1.54) is 25.3 Å². The normalized spacial score (nSPS) is 28.0. The van der Waals surface area contributed by atoms with Crippen molar-refractivity contribution in [2.24, 2.45) is 16.2 Å². The maximum absolute atomic E-state index is 13.5. The summed E-state index contributed by atoms with van der Waals surface area (Å²) >= 11 is 0. The van der Waals surface area contributed by atoms with E-state index in [0.29, 0.717) is 18.6 Å². The van der Waals surface area contributed by atoms with Crippen molar-refractivity contribution in [3.63, 3.8) is 0 Å². The minimum absolute atomic E-state index is 0.167. The molecule has 0 amide bonds. The summed E-state index contributed by atoms with van der Waals surface area (Å²) in [5.74, 6) is -0.658. The topological polar surface area (TPSA) is 105 Å². The van der Waals surface area contributed by atoms with Crippen molar-refractivity contribution in [1.82, 2.24) is 0 Å². The fourth-order valence-corrected chi connectivity index (χ4v) is 4.65. The van der Waals surface area contributed by atoms with Gasteiger partial charge < -0.3 is 14.2 Å². The van der Waals surface area contributed by atoms with E-state index in [0.717, 1.165) is 0 Å². The Morgan fingerprint density at radius 1 is 1.23 bits per heavy atom. The average molecular weight is 419 g/mol. The van der Waals surface area contributed by atoms with Crippen LogP contribution in [0, 0.1) is 26.4 Å². The van der Waals surface area contributed by atoms with Crippen LogP contribution in [0.1, 0.15) is 66.1 Å². The molecule has 2 bridgehead atoms. The van der Waals surface area contributed by atoms with Crippen LogP contribution in [0.4, 0.5) is 5.69 Å². The third-order valence-corrected chi connectivity index (χ3v) is 7.14. The van der Waals surface area contributed by atoms with Crippen LogP contribution in [0.15, 0.2) is 18.2 Å². The monoisotopic (exact) mass is 419 g/mol. The van der Waals surface area contributed by atoms with E-state index in [2.05, 4.69) is 0 Å². The molecule has 1 heterocycles. The van der Waals surface area contributed by atoms with E-state index in [1.807, 2.05) is 41.5 Å². The number of hydrogen-bond donors (Lipinski definition) is 0. The molecule has 0 spiro atoms. The van der Waals surface area contributed by atoms with E-state index in [1.54, 1.807) is 0 Å². The number of benzene rings is 1. The SMILES string of the molecule is COc1ccc([N+](=O)[O-])c([C@@H](OC(=O)[C@@]23CC[C@@](C)(C(=O)O2)C3(C)C)C(C)(C)C)c1. The van der Waals surface area contributed by atoms with Crippen LogP contribution in [-0.4, -0.2) is 29.6 Å². The second-order valence-corrected chi connectivity index (χ2v) is 10.0. The van der Waals surface area contributed by atoms with Gasteiger partial charge in [-0.3, -0.25) is 14.9 Å². The lowest BCUT2D eigenvalue weighted by molar-refractivity contribution is -0.386. The molecule has 3 atom stereocenters. The number of carbonyl (C=O) groups excluding carboxylic acids is 2. The molecule has 1 saturated carbocycles. The van der Waals surface area contributed by atoms with Crippen molar-refractivity contribution in [2.75, 3.05) is 7.11 Å². The Morgan fingerprint density at radius 3 is 2.30 bits per heavy atom. The van der Waals surface area contributed by atoms with Gasteiger partial charge in [0.15, 0.2) is 0 Å². The highest BCUT2D eigenvalue weighted by atomic mass is 16.6. The average Bonchev–Trinajstić information content (AvgIpc) is 2.94. The number of esters is 2. The van der Waals surface area contributed by atoms with Crippen LogP contribution in [0.3, 0.4) is 0 Å². The molecule has 1 saturated heterocycles. The molecule has 8 heteroatoms. The molecular formula is C22H29NO7. The van der Waals surface area contributed by atoms with E-state index in [-0.39, 0.29) is 11.3 Å². The van der Waals surface area contributed by atoms with Crippen LogP contribution in [0.2, 0.25) is 0 Å². The minimum atomic E-state index is -1.41. The van der Waals surface area contributed by atoms with Gasteiger partial charge in [-0.25, -0.2) is 4.79 Å². The maximum atomic E-state index is 13.5. The third kappa shape index (κ3) is 2.87. The molecule has 0 unspecified atom stereocenters. The number of nitro benzene ring substituents is 1. The van der Waals surface area contributed by atoms with Gasteiger partial charge in [-0.2, -0.15) is 0 Å². The molecule has 1 aliphatic carbocycles. The molecule has 0 N–H and O–H groups in total. The van der Waals surface area contributed by atoms with Gasteiger partial charge in [0.05, 0.1) is 23.0 Å². The summed E-state index contributed by atoms with van der Waals surface area (Å²) in [7, 11) is 1.46. The van der Waals surface area contributed by atoms with E-state index in [9.17, 15) is 19.7 Å². The number of nitro groups is 1. The summed E-state index contributed by atoms with van der Waals surface area (Å²) in [6.07, 6.45) is -0.0669. The molecule has 0 radical (unpaired) electrons. The van der Waals surface area contributed by atoms with Gasteiger partial charge in [-0.05, 0) is 31.9 Å². The molecule has 8 nitrogen and oxygen atoms in total. The smallest absolute Gasteiger partial charge is 0.351 e. The second-order valence-electron chi connectivity index (χ2n) is 10.0. The summed E-state index contributed by atoms with van der Waals surface area (Å²) in [6, 6.07) is 4.35. The van der Waals surface area contributed by atoms with Crippen LogP contribution < -0.4 is 4.74 Å². The van der Waals surface area contributed by atoms with Crippen LogP contribution in [0.25, 0.3) is 0 Å². The molecule has 164 valence electrons. The van der Waals surface area contributed by atoms with Crippen molar-refractivity contribution >= 4 is 17.6 Å². The van der Waals surface area contributed by atoms with E-state index in [4.69, 9.17) is 14.2 Å². The first-order valence-corrected chi connectivity index (χ1v) is 9.98. The lowest BCUT2D eigenvalue weighted by Crippen LogP contribution is -2.49. The van der Waals surface area contributed by atoms with Gasteiger partial charge in [0.2, 0.25) is 5.60 Å². The molecule has 1 aromatic rings. The van der Waals surface area contributed by atoms with Crippen molar-refractivity contribution in [3.05, 3.63) is 33.9 Å². The van der Waals surface area contributed by atoms with Gasteiger partial charge >= 0.3 is 11.9 Å². The Kier molecular flexibility index (Phi) is 4.91. The second kappa shape index (κ2) is 6.68. The van der Waals surface area contributed by atoms with Crippen LogP contribution in [0.5, 0.6) is 5.75 Å². The largest absolute Gasteiger partial charge is 0.497 e. The predicted molar refractivity (Wildman–Crippen MR) is 108 cm³/mol. The third-order valence-electron chi connectivity index (χ3n) is 7.14. The molecule has 30 heavy (non-hydrogen) atoms. The first-order valence-electron chi connectivity index (χ1n) is 9.98. The van der Waals surface area contributed by atoms with Gasteiger partial charge in [0.1, 0.15) is 11.9 Å². The van der Waals surface area contributed by atoms with Crippen molar-refractivity contribution < 1.29 is 28.7 Å². The summed E-state index contributed by atoms with van der Waals surface area (Å²) in [5.41, 5.74) is -3.55. The Balaban J connectivity index is 2.06. The summed E-state index contributed by atoms with van der Waals surface area (Å²) in [4.78, 5) is 37.2. The summed E-state index contributed by atoms with van der Waals surface area (Å²) in [6.45, 7) is 11.0. The molecule has 2 aliphatic rings. The number of hydrogen-bond acceptors (Lipinski definition) is 7. The first kappa shape index (κ1) is 22.1. The standard InChI is InChI=1S/C22H29NO7/c1-19(2,3)16(14-12-13(28-7)8-9-15(14)23(26)27)29-18(25)22-11-10-21(6,17(24)30-22)20(22,4)5/h8-9,12,16H,10-11H2,1-7H3/t16-,21+,22-/m1/s1. The highest BCUT2D eigenvalue weighted by Crippen LogP contribution is 2.66. The van der Waals surface area contributed by atoms with Crippen molar-refractivity contribution in [3.8, 4) is 5.75 Å². The lowest BCUT2D eigenvalue weighted by atomic mass is 9.66. The quantitative estimate of drug-likeness (QED) is 0.397. The maximum Gasteiger partial charge on any atom is 0.351 e. The highest BCUT2D eigenvalue weighted by molar-refractivity contribution is 5.93. The number of nitrogens with zero attached hydrogens (tertiary/aromatic N) is 1. The van der Waals surface area contributed by atoms with Gasteiger partial charge in [0, 0.05) is 16.9 Å². The molecular weight excluding hydrogens is 390 g/mol. The Labute approximate surface area is 176 Å². The Morgan fingerprint density at radius 2 is 1.87 bits per heavy atom. The minimum Gasteiger partial charge on any atom is -0.497 e. The number of carbonyl (C=O) groups is 2. The number of ether oxygens (including phenoxy) is 3. The van der Waals surface area contributed by atoms with Crippen molar-refractivity contribution in [2.45, 2.75) is 66.1 Å². The number of methoxy groups -OCH3 is 1. The molecule has 1 aliphatic heterocycles. The summed E-state index contributed by atoms with van der Waals surface area (Å²) in [5, 5.41) is 11.7. The van der Waals surface area contributed by atoms with Crippen LogP contribution >= 0.6 is 0 Å². The fraction of sp³-hybridized carbons (Fsp3) is 0.636. The van der Waals surface area contributed by atoms with E-state index >= 15 is 0 Å². The molecule has 3 rings (SSSR count). The van der Waals surface area contributed by atoms with Gasteiger partial charge in [-0.15, -0.1) is 0 Å². The first-order chi connectivity index (χ1) is 13.7. The predicted octanol–water partition coefficient (Wildman–Crippen LogP) is 4.36. The number of rotatable bonds is 5.